The van der Waals surface area contributed by atoms with E-state index in [9.17, 15) is 13.6 Å². The van der Waals surface area contributed by atoms with Gasteiger partial charge in [0.2, 0.25) is 0 Å². The van der Waals surface area contributed by atoms with Gasteiger partial charge < -0.3 is 9.47 Å². The topological polar surface area (TPSA) is 38.1 Å². The fourth-order valence-corrected chi connectivity index (χ4v) is 3.40. The molecule has 1 amide bonds. The van der Waals surface area contributed by atoms with Crippen LogP contribution in [0, 0.1) is 17.6 Å². The lowest BCUT2D eigenvalue weighted by molar-refractivity contribution is 0.0729. The van der Waals surface area contributed by atoms with Crippen LogP contribution in [0.1, 0.15) is 49.8 Å². The average Bonchev–Trinajstić information content (AvgIpc) is 3.03. The Labute approximate surface area is 170 Å². The van der Waals surface area contributed by atoms with E-state index < -0.39 is 5.82 Å². The van der Waals surface area contributed by atoms with Crippen molar-refractivity contribution in [3.8, 4) is 0 Å². The lowest BCUT2D eigenvalue weighted by Crippen LogP contribution is -2.33. The van der Waals surface area contributed by atoms with Crippen LogP contribution in [0.15, 0.2) is 42.5 Å². The molecule has 3 rings (SSSR count). The molecule has 29 heavy (non-hydrogen) atoms. The Balaban J connectivity index is 1.98. The van der Waals surface area contributed by atoms with Gasteiger partial charge in [0.25, 0.3) is 5.91 Å². The highest BCUT2D eigenvalue weighted by Crippen LogP contribution is 2.22. The summed E-state index contributed by atoms with van der Waals surface area (Å²) in [5.74, 6) is -0.0189. The third-order valence-corrected chi connectivity index (χ3v) is 4.92. The number of aromatic nitrogens is 2. The monoisotopic (exact) mass is 399 g/mol. The summed E-state index contributed by atoms with van der Waals surface area (Å²) < 4.78 is 29.9. The van der Waals surface area contributed by atoms with Gasteiger partial charge in [0.15, 0.2) is 5.82 Å². The number of hydrogen-bond acceptors (Lipinski definition) is 2. The molecule has 0 radical (unpaired) electrons. The lowest BCUT2D eigenvalue weighted by atomic mass is 10.1. The van der Waals surface area contributed by atoms with Crippen molar-refractivity contribution >= 4 is 16.9 Å². The molecule has 0 spiro atoms. The number of para-hydroxylation sites is 1. The zero-order valence-corrected chi connectivity index (χ0v) is 17.2. The SMILES string of the molecule is CCCn1c(CN(CCC(C)C)C(=O)c2cccc(F)c2)nc2c(F)cccc21. The molecular weight excluding hydrogens is 372 g/mol. The van der Waals surface area contributed by atoms with E-state index in [-0.39, 0.29) is 18.3 Å². The minimum Gasteiger partial charge on any atom is -0.331 e. The van der Waals surface area contributed by atoms with Crippen LogP contribution in [-0.2, 0) is 13.1 Å². The van der Waals surface area contributed by atoms with Crippen molar-refractivity contribution in [2.24, 2.45) is 5.92 Å². The van der Waals surface area contributed by atoms with Gasteiger partial charge in [0, 0.05) is 18.7 Å². The number of carbonyl (C=O) groups excluding carboxylic acids is 1. The smallest absolute Gasteiger partial charge is 0.254 e. The number of nitrogens with zero attached hydrogens (tertiary/aromatic N) is 3. The molecule has 0 unspecified atom stereocenters. The van der Waals surface area contributed by atoms with Crippen LogP contribution in [0.2, 0.25) is 0 Å². The molecule has 0 saturated carbocycles. The van der Waals surface area contributed by atoms with Gasteiger partial charge >= 0.3 is 0 Å². The third-order valence-electron chi connectivity index (χ3n) is 4.92. The second-order valence-corrected chi connectivity index (χ2v) is 7.71. The highest BCUT2D eigenvalue weighted by molar-refractivity contribution is 5.94. The van der Waals surface area contributed by atoms with E-state index in [1.165, 1.54) is 24.3 Å². The Hall–Kier alpha value is -2.76. The summed E-state index contributed by atoms with van der Waals surface area (Å²) in [6.45, 7) is 7.67. The maximum atomic E-state index is 14.3. The van der Waals surface area contributed by atoms with E-state index in [1.807, 2.05) is 17.6 Å². The van der Waals surface area contributed by atoms with Crippen LogP contribution in [0.4, 0.5) is 8.78 Å². The van der Waals surface area contributed by atoms with Crippen molar-refractivity contribution in [1.82, 2.24) is 14.5 Å². The number of benzene rings is 2. The molecule has 1 aromatic heterocycles. The molecule has 0 fully saturated rings. The van der Waals surface area contributed by atoms with Gasteiger partial charge in [-0.1, -0.05) is 32.9 Å². The Morgan fingerprint density at radius 1 is 1.17 bits per heavy atom. The number of imidazole rings is 1. The van der Waals surface area contributed by atoms with Crippen LogP contribution >= 0.6 is 0 Å². The Bertz CT molecular complexity index is 997. The maximum absolute atomic E-state index is 14.3. The van der Waals surface area contributed by atoms with Gasteiger partial charge in [-0.2, -0.15) is 0 Å². The molecule has 4 nitrogen and oxygen atoms in total. The first-order chi connectivity index (χ1) is 13.9. The molecule has 0 saturated heterocycles. The van der Waals surface area contributed by atoms with E-state index in [1.54, 1.807) is 17.0 Å². The first kappa shape index (κ1) is 21.0. The maximum Gasteiger partial charge on any atom is 0.254 e. The normalized spacial score (nSPS) is 11.4. The minimum absolute atomic E-state index is 0.246. The van der Waals surface area contributed by atoms with Crippen molar-refractivity contribution in [3.05, 3.63) is 65.5 Å². The van der Waals surface area contributed by atoms with Gasteiger partial charge in [-0.25, -0.2) is 13.8 Å². The van der Waals surface area contributed by atoms with Crippen LogP contribution < -0.4 is 0 Å². The molecule has 0 N–H and O–H groups in total. The standard InChI is InChI=1S/C23H27F2N3O/c1-4-12-28-20-10-6-9-19(25)22(20)26-21(28)15-27(13-11-16(2)3)23(29)17-7-5-8-18(24)14-17/h5-10,14,16H,4,11-13,15H2,1-3H3. The summed E-state index contributed by atoms with van der Waals surface area (Å²) in [7, 11) is 0. The van der Waals surface area contributed by atoms with Gasteiger partial charge in [-0.05, 0) is 49.1 Å². The number of fused-ring (bicyclic) bond motifs is 1. The van der Waals surface area contributed by atoms with E-state index in [0.29, 0.717) is 35.9 Å². The van der Waals surface area contributed by atoms with Gasteiger partial charge in [-0.15, -0.1) is 0 Å². The predicted octanol–water partition coefficient (Wildman–Crippen LogP) is 5.41. The Kier molecular flexibility index (Phi) is 6.62. The van der Waals surface area contributed by atoms with Gasteiger partial charge in [0.1, 0.15) is 17.2 Å². The molecule has 0 aliphatic heterocycles. The molecule has 0 aliphatic carbocycles. The quantitative estimate of drug-likeness (QED) is 0.508. The summed E-state index contributed by atoms with van der Waals surface area (Å²) in [5.41, 5.74) is 1.35. The van der Waals surface area contributed by atoms with Gasteiger partial charge in [-0.3, -0.25) is 4.79 Å². The molecule has 154 valence electrons. The predicted molar refractivity (Wildman–Crippen MR) is 111 cm³/mol. The average molecular weight is 399 g/mol. The molecule has 6 heteroatoms. The second-order valence-electron chi connectivity index (χ2n) is 7.71. The first-order valence-corrected chi connectivity index (χ1v) is 10.1. The lowest BCUT2D eigenvalue weighted by Gasteiger charge is -2.24. The fraction of sp³-hybridized carbons (Fsp3) is 0.391. The Morgan fingerprint density at radius 3 is 2.62 bits per heavy atom. The molecule has 3 aromatic rings. The first-order valence-electron chi connectivity index (χ1n) is 10.1. The zero-order chi connectivity index (χ0) is 21.0. The van der Waals surface area contributed by atoms with Crippen molar-refractivity contribution in [3.63, 3.8) is 0 Å². The fourth-order valence-electron chi connectivity index (χ4n) is 3.40. The van der Waals surface area contributed by atoms with Crippen LogP contribution in [0.3, 0.4) is 0 Å². The Morgan fingerprint density at radius 2 is 1.93 bits per heavy atom. The largest absolute Gasteiger partial charge is 0.331 e. The third kappa shape index (κ3) is 4.81. The number of carbonyl (C=O) groups is 1. The summed E-state index contributed by atoms with van der Waals surface area (Å²) >= 11 is 0. The molecule has 0 bridgehead atoms. The number of amides is 1. The number of aryl methyl sites for hydroxylation is 1. The number of hydrogen-bond donors (Lipinski definition) is 0. The summed E-state index contributed by atoms with van der Waals surface area (Å²) in [6, 6.07) is 10.6. The van der Waals surface area contributed by atoms with Crippen molar-refractivity contribution in [2.75, 3.05) is 6.54 Å². The molecule has 1 heterocycles. The number of halogens is 2. The zero-order valence-electron chi connectivity index (χ0n) is 17.2. The van der Waals surface area contributed by atoms with Crippen molar-refractivity contribution in [2.45, 2.75) is 46.7 Å². The van der Waals surface area contributed by atoms with E-state index in [2.05, 4.69) is 18.8 Å². The van der Waals surface area contributed by atoms with Gasteiger partial charge in [0.05, 0.1) is 12.1 Å². The second kappa shape index (κ2) is 9.16. The van der Waals surface area contributed by atoms with E-state index >= 15 is 0 Å². The summed E-state index contributed by atoms with van der Waals surface area (Å²) in [6.07, 6.45) is 1.67. The van der Waals surface area contributed by atoms with E-state index in [0.717, 1.165) is 18.4 Å². The molecule has 0 atom stereocenters. The molecular formula is C23H27F2N3O. The number of rotatable bonds is 8. The summed E-state index contributed by atoms with van der Waals surface area (Å²) in [4.78, 5) is 19.3. The highest BCUT2D eigenvalue weighted by Gasteiger charge is 2.21. The molecule has 2 aromatic carbocycles. The molecule has 0 aliphatic rings. The van der Waals surface area contributed by atoms with Crippen molar-refractivity contribution < 1.29 is 13.6 Å². The summed E-state index contributed by atoms with van der Waals surface area (Å²) in [5, 5.41) is 0. The van der Waals surface area contributed by atoms with Crippen LogP contribution in [-0.4, -0.2) is 26.9 Å². The minimum atomic E-state index is -0.444. The highest BCUT2D eigenvalue weighted by atomic mass is 19.1. The van der Waals surface area contributed by atoms with Crippen LogP contribution in [0.25, 0.3) is 11.0 Å². The van der Waals surface area contributed by atoms with Crippen LogP contribution in [0.5, 0.6) is 0 Å². The van der Waals surface area contributed by atoms with E-state index in [4.69, 9.17) is 0 Å². The van der Waals surface area contributed by atoms with Crippen molar-refractivity contribution in [1.29, 1.82) is 0 Å².